The molecule has 0 bridgehead atoms. The number of amides is 1. The predicted octanol–water partition coefficient (Wildman–Crippen LogP) is 4.56. The predicted molar refractivity (Wildman–Crippen MR) is 113 cm³/mol. The van der Waals surface area contributed by atoms with E-state index in [4.69, 9.17) is 4.98 Å². The van der Waals surface area contributed by atoms with E-state index in [1.54, 1.807) is 6.07 Å². The van der Waals surface area contributed by atoms with E-state index >= 15 is 0 Å². The Morgan fingerprint density at radius 3 is 2.39 bits per heavy atom. The van der Waals surface area contributed by atoms with Crippen molar-refractivity contribution >= 4 is 17.4 Å². The van der Waals surface area contributed by atoms with Crippen molar-refractivity contribution in [1.29, 1.82) is 0 Å². The molecule has 3 aromatic rings. The number of hydrogen-bond acceptors (Lipinski definition) is 4. The van der Waals surface area contributed by atoms with Crippen molar-refractivity contribution in [1.82, 2.24) is 9.97 Å². The van der Waals surface area contributed by atoms with E-state index in [9.17, 15) is 4.79 Å². The minimum Gasteiger partial charge on any atom is -0.356 e. The molecule has 0 saturated carbocycles. The Morgan fingerprint density at radius 2 is 1.71 bits per heavy atom. The van der Waals surface area contributed by atoms with E-state index in [1.807, 2.05) is 54.6 Å². The monoisotopic (exact) mass is 372 g/mol. The Hall–Kier alpha value is -3.21. The minimum absolute atomic E-state index is 0.218. The third-order valence-electron chi connectivity index (χ3n) is 5.03. The van der Waals surface area contributed by atoms with Crippen LogP contribution in [0.15, 0.2) is 60.7 Å². The number of nitrogens with zero attached hydrogens (tertiary/aromatic N) is 3. The third-order valence-corrected chi connectivity index (χ3v) is 5.03. The first-order valence-corrected chi connectivity index (χ1v) is 9.82. The zero-order valence-corrected chi connectivity index (χ0v) is 16.1. The maximum Gasteiger partial charge on any atom is 0.274 e. The van der Waals surface area contributed by atoms with Gasteiger partial charge in [-0.05, 0) is 37.0 Å². The van der Waals surface area contributed by atoms with Gasteiger partial charge in [-0.2, -0.15) is 0 Å². The fourth-order valence-electron chi connectivity index (χ4n) is 3.39. The Labute approximate surface area is 165 Å². The van der Waals surface area contributed by atoms with Gasteiger partial charge in [0, 0.05) is 30.4 Å². The van der Waals surface area contributed by atoms with Crippen LogP contribution in [0.5, 0.6) is 0 Å². The first-order valence-electron chi connectivity index (χ1n) is 9.82. The number of aryl methyl sites for hydroxylation is 1. The number of rotatable bonds is 5. The van der Waals surface area contributed by atoms with Crippen LogP contribution >= 0.6 is 0 Å². The molecule has 2 heterocycles. The van der Waals surface area contributed by atoms with Gasteiger partial charge >= 0.3 is 0 Å². The standard InChI is InChI=1S/C23H24N4O/c1-2-17-10-12-19(13-11-17)24-23(28)20-16-21(27-14-6-7-15-27)26-22(25-20)18-8-4-3-5-9-18/h3-5,8-13,16H,2,6-7,14-15H2,1H3,(H,24,28). The van der Waals surface area contributed by atoms with Gasteiger partial charge in [-0.25, -0.2) is 9.97 Å². The number of carbonyl (C=O) groups is 1. The summed E-state index contributed by atoms with van der Waals surface area (Å²) >= 11 is 0. The number of carbonyl (C=O) groups excluding carboxylic acids is 1. The van der Waals surface area contributed by atoms with Gasteiger partial charge in [-0.3, -0.25) is 4.79 Å². The Kier molecular flexibility index (Phi) is 5.33. The van der Waals surface area contributed by atoms with Gasteiger partial charge in [0.1, 0.15) is 11.5 Å². The molecule has 142 valence electrons. The lowest BCUT2D eigenvalue weighted by Gasteiger charge is -2.18. The van der Waals surface area contributed by atoms with Crippen LogP contribution in [-0.2, 0) is 6.42 Å². The molecule has 0 unspecified atom stereocenters. The topological polar surface area (TPSA) is 58.1 Å². The van der Waals surface area contributed by atoms with Crippen LogP contribution < -0.4 is 10.2 Å². The molecule has 4 rings (SSSR count). The van der Waals surface area contributed by atoms with Crippen molar-refractivity contribution in [3.63, 3.8) is 0 Å². The van der Waals surface area contributed by atoms with Gasteiger partial charge in [-0.15, -0.1) is 0 Å². The van der Waals surface area contributed by atoms with E-state index in [2.05, 4.69) is 22.1 Å². The van der Waals surface area contributed by atoms with Crippen LogP contribution in [0.1, 0.15) is 35.8 Å². The zero-order valence-electron chi connectivity index (χ0n) is 16.1. The number of benzene rings is 2. The third kappa shape index (κ3) is 4.03. The minimum atomic E-state index is -0.218. The summed E-state index contributed by atoms with van der Waals surface area (Å²) in [5.41, 5.74) is 3.30. The maximum atomic E-state index is 12.9. The molecule has 5 heteroatoms. The quantitative estimate of drug-likeness (QED) is 0.713. The lowest BCUT2D eigenvalue weighted by atomic mass is 10.1. The van der Waals surface area contributed by atoms with E-state index in [-0.39, 0.29) is 5.91 Å². The fourth-order valence-corrected chi connectivity index (χ4v) is 3.39. The average Bonchev–Trinajstić information content (AvgIpc) is 3.30. The molecule has 1 aliphatic rings. The van der Waals surface area contributed by atoms with Crippen LogP contribution in [-0.4, -0.2) is 29.0 Å². The van der Waals surface area contributed by atoms with Crippen LogP contribution in [0.3, 0.4) is 0 Å². The van der Waals surface area contributed by atoms with E-state index < -0.39 is 0 Å². The molecule has 1 fully saturated rings. The highest BCUT2D eigenvalue weighted by Gasteiger charge is 2.19. The molecule has 1 saturated heterocycles. The van der Waals surface area contributed by atoms with Crippen molar-refractivity contribution < 1.29 is 4.79 Å². The molecule has 5 nitrogen and oxygen atoms in total. The molecule has 0 aliphatic carbocycles. The molecule has 1 aliphatic heterocycles. The molecular weight excluding hydrogens is 348 g/mol. The van der Waals surface area contributed by atoms with E-state index in [0.29, 0.717) is 11.5 Å². The van der Waals surface area contributed by atoms with E-state index in [1.165, 1.54) is 5.56 Å². The summed E-state index contributed by atoms with van der Waals surface area (Å²) in [5.74, 6) is 1.18. The molecule has 1 aromatic heterocycles. The first-order chi connectivity index (χ1) is 13.7. The summed E-state index contributed by atoms with van der Waals surface area (Å²) in [5, 5.41) is 2.96. The second kappa shape index (κ2) is 8.21. The summed E-state index contributed by atoms with van der Waals surface area (Å²) in [6.07, 6.45) is 3.27. The fraction of sp³-hybridized carbons (Fsp3) is 0.261. The number of aromatic nitrogens is 2. The Balaban J connectivity index is 1.66. The van der Waals surface area contributed by atoms with Crippen LogP contribution in [0.4, 0.5) is 11.5 Å². The highest BCUT2D eigenvalue weighted by atomic mass is 16.1. The first kappa shape index (κ1) is 18.2. The molecule has 1 amide bonds. The van der Waals surface area contributed by atoms with Crippen molar-refractivity contribution in [3.05, 3.63) is 71.9 Å². The van der Waals surface area contributed by atoms with Gasteiger partial charge in [0.15, 0.2) is 5.82 Å². The van der Waals surface area contributed by atoms with Gasteiger partial charge in [0.05, 0.1) is 0 Å². The number of nitrogens with one attached hydrogen (secondary N) is 1. The van der Waals surface area contributed by atoms with Crippen LogP contribution in [0.25, 0.3) is 11.4 Å². The lowest BCUT2D eigenvalue weighted by Crippen LogP contribution is -2.22. The smallest absolute Gasteiger partial charge is 0.274 e. The van der Waals surface area contributed by atoms with Crippen molar-refractivity contribution in [2.75, 3.05) is 23.3 Å². The zero-order chi connectivity index (χ0) is 19.3. The molecule has 0 spiro atoms. The maximum absolute atomic E-state index is 12.9. The van der Waals surface area contributed by atoms with Crippen molar-refractivity contribution in [2.24, 2.45) is 0 Å². The highest BCUT2D eigenvalue weighted by molar-refractivity contribution is 6.03. The second-order valence-corrected chi connectivity index (χ2v) is 7.00. The van der Waals surface area contributed by atoms with Gasteiger partial charge in [0.25, 0.3) is 5.91 Å². The summed E-state index contributed by atoms with van der Waals surface area (Å²) < 4.78 is 0. The second-order valence-electron chi connectivity index (χ2n) is 7.00. The molecule has 28 heavy (non-hydrogen) atoms. The SMILES string of the molecule is CCc1ccc(NC(=O)c2cc(N3CCCC3)nc(-c3ccccc3)n2)cc1. The average molecular weight is 372 g/mol. The summed E-state index contributed by atoms with van der Waals surface area (Å²) in [4.78, 5) is 24.4. The number of hydrogen-bond donors (Lipinski definition) is 1. The molecule has 0 atom stereocenters. The normalized spacial score (nSPS) is 13.5. The number of anilines is 2. The molecule has 0 radical (unpaired) electrons. The highest BCUT2D eigenvalue weighted by Crippen LogP contribution is 2.23. The largest absolute Gasteiger partial charge is 0.356 e. The van der Waals surface area contributed by atoms with Crippen molar-refractivity contribution in [2.45, 2.75) is 26.2 Å². The summed E-state index contributed by atoms with van der Waals surface area (Å²) in [6, 6.07) is 19.5. The molecule has 2 aromatic carbocycles. The summed E-state index contributed by atoms with van der Waals surface area (Å²) in [7, 11) is 0. The lowest BCUT2D eigenvalue weighted by molar-refractivity contribution is 0.102. The Morgan fingerprint density at radius 1 is 1.00 bits per heavy atom. The van der Waals surface area contributed by atoms with Gasteiger partial charge < -0.3 is 10.2 Å². The van der Waals surface area contributed by atoms with E-state index in [0.717, 1.165) is 49.4 Å². The Bertz CT molecular complexity index is 948. The van der Waals surface area contributed by atoms with Gasteiger partial charge in [0.2, 0.25) is 0 Å². The summed E-state index contributed by atoms with van der Waals surface area (Å²) in [6.45, 7) is 4.04. The van der Waals surface area contributed by atoms with Crippen LogP contribution in [0.2, 0.25) is 0 Å². The van der Waals surface area contributed by atoms with Crippen LogP contribution in [0, 0.1) is 0 Å². The molecule has 1 N–H and O–H groups in total. The van der Waals surface area contributed by atoms with Gasteiger partial charge in [-0.1, -0.05) is 49.4 Å². The van der Waals surface area contributed by atoms with Crippen molar-refractivity contribution in [3.8, 4) is 11.4 Å². The molecular formula is C23H24N4O.